The topological polar surface area (TPSA) is 64.4 Å². The van der Waals surface area contributed by atoms with Gasteiger partial charge in [0.25, 0.3) is 5.69 Å². The van der Waals surface area contributed by atoms with Crippen LogP contribution >= 0.6 is 0 Å². The zero-order chi connectivity index (χ0) is 14.4. The van der Waals surface area contributed by atoms with Crippen molar-refractivity contribution in [2.24, 2.45) is 5.92 Å². The molecule has 1 atom stereocenters. The zero-order valence-electron chi connectivity index (χ0n) is 12.0. The molecule has 0 spiro atoms. The van der Waals surface area contributed by atoms with Gasteiger partial charge in [-0.2, -0.15) is 0 Å². The molecule has 5 nitrogen and oxygen atoms in total. The van der Waals surface area contributed by atoms with Gasteiger partial charge in [-0.15, -0.1) is 0 Å². The fourth-order valence-electron chi connectivity index (χ4n) is 1.86. The smallest absolute Gasteiger partial charge is 0.295 e. The second kappa shape index (κ2) is 7.09. The van der Waals surface area contributed by atoms with E-state index >= 15 is 0 Å². The molecule has 1 unspecified atom stereocenters. The van der Waals surface area contributed by atoms with Gasteiger partial charge in [-0.05, 0) is 25.8 Å². The standard InChI is InChI=1S/C14H22N2O3/c1-5-19-9-13(10(2)3)15-12-8-6-7-11(4)14(12)16(17)18/h6-8,10,13,15H,5,9H2,1-4H3. The van der Waals surface area contributed by atoms with Gasteiger partial charge in [0.2, 0.25) is 0 Å². The molecule has 106 valence electrons. The summed E-state index contributed by atoms with van der Waals surface area (Å²) in [4.78, 5) is 10.8. The number of nitro groups is 1. The molecule has 0 radical (unpaired) electrons. The third-order valence-corrected chi connectivity index (χ3v) is 3.07. The van der Waals surface area contributed by atoms with Gasteiger partial charge in [-0.3, -0.25) is 10.1 Å². The van der Waals surface area contributed by atoms with Crippen LogP contribution in [0.25, 0.3) is 0 Å². The van der Waals surface area contributed by atoms with Gasteiger partial charge < -0.3 is 10.1 Å². The van der Waals surface area contributed by atoms with Crippen molar-refractivity contribution in [1.29, 1.82) is 0 Å². The average Bonchev–Trinajstić information content (AvgIpc) is 2.33. The summed E-state index contributed by atoms with van der Waals surface area (Å²) in [6.45, 7) is 9.00. The number of para-hydroxylation sites is 1. The molecule has 0 saturated heterocycles. The van der Waals surface area contributed by atoms with Crippen LogP contribution in [0.15, 0.2) is 18.2 Å². The summed E-state index contributed by atoms with van der Waals surface area (Å²) in [5.41, 5.74) is 1.36. The van der Waals surface area contributed by atoms with Gasteiger partial charge >= 0.3 is 0 Å². The van der Waals surface area contributed by atoms with Crippen LogP contribution in [0.3, 0.4) is 0 Å². The van der Waals surface area contributed by atoms with Crippen LogP contribution in [0.1, 0.15) is 26.3 Å². The molecule has 0 heterocycles. The Morgan fingerprint density at radius 2 is 2.11 bits per heavy atom. The van der Waals surface area contributed by atoms with E-state index in [0.717, 1.165) is 0 Å². The Balaban J connectivity index is 2.96. The Kier molecular flexibility index (Phi) is 5.76. The van der Waals surface area contributed by atoms with Crippen molar-refractivity contribution in [2.75, 3.05) is 18.5 Å². The van der Waals surface area contributed by atoms with Crippen LogP contribution in [0.2, 0.25) is 0 Å². The summed E-state index contributed by atoms with van der Waals surface area (Å²) in [6, 6.07) is 5.37. The Morgan fingerprint density at radius 3 is 2.63 bits per heavy atom. The Hall–Kier alpha value is -1.62. The zero-order valence-corrected chi connectivity index (χ0v) is 12.0. The minimum absolute atomic E-state index is 0.0560. The molecule has 1 aromatic carbocycles. The fraction of sp³-hybridized carbons (Fsp3) is 0.571. The summed E-state index contributed by atoms with van der Waals surface area (Å²) < 4.78 is 5.43. The SMILES string of the molecule is CCOCC(Nc1cccc(C)c1[N+](=O)[O-])C(C)C. The lowest BCUT2D eigenvalue weighted by Crippen LogP contribution is -2.31. The molecule has 0 aliphatic heterocycles. The normalized spacial score (nSPS) is 12.5. The largest absolute Gasteiger partial charge is 0.380 e. The molecule has 0 aromatic heterocycles. The highest BCUT2D eigenvalue weighted by Gasteiger charge is 2.21. The predicted molar refractivity (Wildman–Crippen MR) is 76.6 cm³/mol. The first-order valence-corrected chi connectivity index (χ1v) is 6.55. The fourth-order valence-corrected chi connectivity index (χ4v) is 1.86. The molecule has 0 aliphatic rings. The van der Waals surface area contributed by atoms with E-state index in [-0.39, 0.29) is 16.7 Å². The van der Waals surface area contributed by atoms with Crippen molar-refractivity contribution in [3.63, 3.8) is 0 Å². The van der Waals surface area contributed by atoms with Gasteiger partial charge in [-0.25, -0.2) is 0 Å². The first kappa shape index (κ1) is 15.4. The number of nitrogens with one attached hydrogen (secondary N) is 1. The van der Waals surface area contributed by atoms with Crippen LogP contribution in [0.4, 0.5) is 11.4 Å². The average molecular weight is 266 g/mol. The van der Waals surface area contributed by atoms with E-state index in [1.165, 1.54) is 0 Å². The lowest BCUT2D eigenvalue weighted by Gasteiger charge is -2.23. The van der Waals surface area contributed by atoms with Gasteiger partial charge in [0.15, 0.2) is 0 Å². The molecule has 1 N–H and O–H groups in total. The maximum absolute atomic E-state index is 11.1. The third-order valence-electron chi connectivity index (χ3n) is 3.07. The number of benzene rings is 1. The van der Waals surface area contributed by atoms with Crippen LogP contribution in [-0.2, 0) is 4.74 Å². The van der Waals surface area contributed by atoms with E-state index in [1.807, 2.05) is 13.0 Å². The maximum atomic E-state index is 11.1. The molecule has 5 heteroatoms. The first-order valence-electron chi connectivity index (χ1n) is 6.55. The summed E-state index contributed by atoms with van der Waals surface area (Å²) >= 11 is 0. The van der Waals surface area contributed by atoms with E-state index < -0.39 is 0 Å². The van der Waals surface area contributed by atoms with Crippen molar-refractivity contribution in [3.8, 4) is 0 Å². The number of rotatable bonds is 7. The van der Waals surface area contributed by atoms with E-state index in [2.05, 4.69) is 19.2 Å². The highest BCUT2D eigenvalue weighted by molar-refractivity contribution is 5.65. The highest BCUT2D eigenvalue weighted by atomic mass is 16.6. The summed E-state index contributed by atoms with van der Waals surface area (Å²) in [5, 5.41) is 14.4. The monoisotopic (exact) mass is 266 g/mol. The minimum atomic E-state index is -0.338. The van der Waals surface area contributed by atoms with Gasteiger partial charge in [0.05, 0.1) is 17.6 Å². The number of hydrogen-bond donors (Lipinski definition) is 1. The summed E-state index contributed by atoms with van der Waals surface area (Å²) in [6.07, 6.45) is 0. The molecule has 0 aliphatic carbocycles. The molecular formula is C14H22N2O3. The quantitative estimate of drug-likeness (QED) is 0.607. The molecule has 0 saturated carbocycles. The molecule has 1 rings (SSSR count). The molecule has 1 aromatic rings. The molecule has 19 heavy (non-hydrogen) atoms. The van der Waals surface area contributed by atoms with Crippen molar-refractivity contribution in [1.82, 2.24) is 0 Å². The van der Waals surface area contributed by atoms with Gasteiger partial charge in [-0.1, -0.05) is 26.0 Å². The minimum Gasteiger partial charge on any atom is -0.380 e. The number of hydrogen-bond acceptors (Lipinski definition) is 4. The third kappa shape index (κ3) is 4.21. The second-order valence-electron chi connectivity index (χ2n) is 4.88. The Morgan fingerprint density at radius 1 is 1.42 bits per heavy atom. The number of nitro benzene ring substituents is 1. The van der Waals surface area contributed by atoms with Crippen LogP contribution < -0.4 is 5.32 Å². The van der Waals surface area contributed by atoms with Crippen molar-refractivity contribution < 1.29 is 9.66 Å². The molecule has 0 amide bonds. The number of nitrogens with zero attached hydrogens (tertiary/aromatic N) is 1. The molecule has 0 fully saturated rings. The van der Waals surface area contributed by atoms with Crippen molar-refractivity contribution >= 4 is 11.4 Å². The first-order chi connectivity index (χ1) is 8.97. The van der Waals surface area contributed by atoms with Crippen LogP contribution in [0, 0.1) is 23.0 Å². The van der Waals surface area contributed by atoms with Crippen LogP contribution in [-0.4, -0.2) is 24.2 Å². The predicted octanol–water partition coefficient (Wildman–Crippen LogP) is 3.38. The lowest BCUT2D eigenvalue weighted by molar-refractivity contribution is -0.384. The van der Waals surface area contributed by atoms with Gasteiger partial charge in [0, 0.05) is 12.2 Å². The Labute approximate surface area is 114 Å². The van der Waals surface area contributed by atoms with Crippen LogP contribution in [0.5, 0.6) is 0 Å². The number of anilines is 1. The van der Waals surface area contributed by atoms with E-state index in [1.54, 1.807) is 19.1 Å². The maximum Gasteiger partial charge on any atom is 0.295 e. The van der Waals surface area contributed by atoms with Gasteiger partial charge in [0.1, 0.15) is 5.69 Å². The summed E-state index contributed by atoms with van der Waals surface area (Å²) in [7, 11) is 0. The van der Waals surface area contributed by atoms with E-state index in [9.17, 15) is 10.1 Å². The van der Waals surface area contributed by atoms with Crippen molar-refractivity contribution in [2.45, 2.75) is 33.7 Å². The van der Waals surface area contributed by atoms with E-state index in [4.69, 9.17) is 4.74 Å². The number of ether oxygens (including phenoxy) is 1. The second-order valence-corrected chi connectivity index (χ2v) is 4.88. The lowest BCUT2D eigenvalue weighted by atomic mass is 10.0. The summed E-state index contributed by atoms with van der Waals surface area (Å²) in [5.74, 6) is 0.326. The molecule has 0 bridgehead atoms. The van der Waals surface area contributed by atoms with E-state index in [0.29, 0.717) is 30.4 Å². The highest BCUT2D eigenvalue weighted by Crippen LogP contribution is 2.29. The molecular weight excluding hydrogens is 244 g/mol. The number of aryl methyl sites for hydroxylation is 1. The Bertz CT molecular complexity index is 433. The van der Waals surface area contributed by atoms with Crippen molar-refractivity contribution in [3.05, 3.63) is 33.9 Å².